The number of anilines is 1. The molecule has 13 heteroatoms. The van der Waals surface area contributed by atoms with Crippen LogP contribution in [0.1, 0.15) is 40.6 Å². The molecular formula is C27H26Cl2N6O5. The first kappa shape index (κ1) is 27.6. The van der Waals surface area contributed by atoms with Crippen LogP contribution in [-0.2, 0) is 13.6 Å². The van der Waals surface area contributed by atoms with Gasteiger partial charge in [-0.25, -0.2) is 9.97 Å². The minimum atomic E-state index is -0.730. The minimum absolute atomic E-state index is 0.00537. The minimum Gasteiger partial charge on any atom is -0.480 e. The van der Waals surface area contributed by atoms with Gasteiger partial charge in [0.15, 0.2) is 5.69 Å². The molecule has 0 radical (unpaired) electrons. The predicted octanol–water partition coefficient (Wildman–Crippen LogP) is 3.89. The molecule has 4 heterocycles. The first-order valence-electron chi connectivity index (χ1n) is 12.4. The molecule has 1 aliphatic heterocycles. The highest BCUT2D eigenvalue weighted by Crippen LogP contribution is 2.44. The number of halogens is 2. The SMILES string of the molecule is COc1ncc(-c2nc3c(n2CCCCO)C(c2ccc(Cl)cc2)N(c2cc(Cl)cn(C)c2=O)C3=O)c(OC)n1. The number of nitrogens with zero attached hydrogens (tertiary/aromatic N) is 6. The Bertz CT molecular complexity index is 1640. The number of unbranched alkanes of at least 4 members (excludes halogenated alkanes) is 1. The lowest BCUT2D eigenvalue weighted by atomic mass is 10.0. The highest BCUT2D eigenvalue weighted by atomic mass is 35.5. The third-order valence-electron chi connectivity index (χ3n) is 6.66. The number of imidazole rings is 1. The molecule has 1 N–H and O–H groups in total. The smallest absolute Gasteiger partial charge is 0.319 e. The van der Waals surface area contributed by atoms with E-state index >= 15 is 0 Å². The van der Waals surface area contributed by atoms with Crippen LogP contribution in [0.15, 0.2) is 47.5 Å². The van der Waals surface area contributed by atoms with Gasteiger partial charge in [-0.3, -0.25) is 14.5 Å². The van der Waals surface area contributed by atoms with Crippen molar-refractivity contribution in [3.05, 3.63) is 80.1 Å². The van der Waals surface area contributed by atoms with Crippen LogP contribution in [0.5, 0.6) is 11.9 Å². The lowest BCUT2D eigenvalue weighted by Crippen LogP contribution is -2.35. The number of methoxy groups -OCH3 is 2. The Morgan fingerprint density at radius 1 is 1.02 bits per heavy atom. The molecule has 0 spiro atoms. The van der Waals surface area contributed by atoms with E-state index in [0.29, 0.717) is 52.1 Å². The molecule has 4 aromatic rings. The molecule has 208 valence electrons. The first-order chi connectivity index (χ1) is 19.3. The number of aromatic nitrogens is 5. The van der Waals surface area contributed by atoms with Gasteiger partial charge >= 0.3 is 6.01 Å². The zero-order valence-corrected chi connectivity index (χ0v) is 23.5. The lowest BCUT2D eigenvalue weighted by molar-refractivity contribution is 0.0989. The van der Waals surface area contributed by atoms with Gasteiger partial charge in [-0.05, 0) is 36.6 Å². The fourth-order valence-electron chi connectivity index (χ4n) is 4.85. The molecule has 3 aromatic heterocycles. The summed E-state index contributed by atoms with van der Waals surface area (Å²) in [4.78, 5) is 42.1. The second-order valence-corrected chi connectivity index (χ2v) is 9.99. The van der Waals surface area contributed by atoms with Crippen molar-refractivity contribution in [2.75, 3.05) is 25.7 Å². The van der Waals surface area contributed by atoms with E-state index < -0.39 is 11.9 Å². The maximum Gasteiger partial charge on any atom is 0.319 e. The monoisotopic (exact) mass is 584 g/mol. The summed E-state index contributed by atoms with van der Waals surface area (Å²) in [5, 5.41) is 10.3. The van der Waals surface area contributed by atoms with E-state index in [-0.39, 0.29) is 35.4 Å². The number of pyridine rings is 1. The van der Waals surface area contributed by atoms with Crippen molar-refractivity contribution >= 4 is 34.8 Å². The molecular weight excluding hydrogens is 559 g/mol. The summed E-state index contributed by atoms with van der Waals surface area (Å²) in [6, 6.07) is 7.92. The van der Waals surface area contributed by atoms with Crippen molar-refractivity contribution in [2.24, 2.45) is 7.05 Å². The number of amides is 1. The Labute approximate surface area is 239 Å². The maximum atomic E-state index is 14.1. The standard InChI is InChI=1S/C27H26Cl2N6O5/c1-33-14-17(29)12-19(25(33)37)35-21(15-6-8-16(28)9-7-15)22-20(26(35)38)31-23(34(22)10-4-5-11-36)18-13-30-27(40-3)32-24(18)39-2/h6-9,12-14,21,36H,4-5,10-11H2,1-3H3. The van der Waals surface area contributed by atoms with Crippen LogP contribution in [0.4, 0.5) is 5.69 Å². The number of aryl methyl sites for hydroxylation is 1. The van der Waals surface area contributed by atoms with Gasteiger partial charge in [-0.2, -0.15) is 4.98 Å². The summed E-state index contributed by atoms with van der Waals surface area (Å²) < 4.78 is 13.9. The molecule has 0 aliphatic carbocycles. The quantitative estimate of drug-likeness (QED) is 0.294. The summed E-state index contributed by atoms with van der Waals surface area (Å²) in [6.45, 7) is 0.414. The van der Waals surface area contributed by atoms with Gasteiger partial charge in [-0.15, -0.1) is 0 Å². The van der Waals surface area contributed by atoms with Crippen LogP contribution in [0.2, 0.25) is 10.0 Å². The molecule has 11 nitrogen and oxygen atoms in total. The normalized spacial score (nSPS) is 14.5. The third kappa shape index (κ3) is 4.80. The highest BCUT2D eigenvalue weighted by molar-refractivity contribution is 6.31. The van der Waals surface area contributed by atoms with E-state index in [1.54, 1.807) is 31.3 Å². The number of carbonyl (C=O) groups is 1. The molecule has 0 fully saturated rings. The van der Waals surface area contributed by atoms with Gasteiger partial charge < -0.3 is 23.7 Å². The molecule has 5 rings (SSSR count). The number of fused-ring (bicyclic) bond motifs is 1. The topological polar surface area (TPSA) is 125 Å². The van der Waals surface area contributed by atoms with Crippen LogP contribution in [-0.4, -0.2) is 55.9 Å². The summed E-state index contributed by atoms with van der Waals surface area (Å²) in [6.07, 6.45) is 4.13. The van der Waals surface area contributed by atoms with E-state index in [9.17, 15) is 14.7 Å². The van der Waals surface area contributed by atoms with Gasteiger partial charge in [0, 0.05) is 37.6 Å². The number of benzene rings is 1. The number of aliphatic hydroxyl groups is 1. The van der Waals surface area contributed by atoms with Gasteiger partial charge in [0.1, 0.15) is 17.6 Å². The summed E-state index contributed by atoms with van der Waals surface area (Å²) in [5.41, 5.74) is 1.63. The van der Waals surface area contributed by atoms with Crippen molar-refractivity contribution in [3.63, 3.8) is 0 Å². The Balaban J connectivity index is 1.78. The first-order valence-corrected chi connectivity index (χ1v) is 13.2. The number of ether oxygens (including phenoxy) is 2. The van der Waals surface area contributed by atoms with Crippen LogP contribution in [0.25, 0.3) is 11.4 Å². The van der Waals surface area contributed by atoms with Crippen LogP contribution in [0, 0.1) is 0 Å². The van der Waals surface area contributed by atoms with Crippen LogP contribution < -0.4 is 19.9 Å². The third-order valence-corrected chi connectivity index (χ3v) is 7.12. The Kier molecular flexibility index (Phi) is 7.79. The number of carbonyl (C=O) groups excluding carboxylic acids is 1. The van der Waals surface area contributed by atoms with Gasteiger partial charge in [-0.1, -0.05) is 35.3 Å². The molecule has 1 atom stereocenters. The molecule has 1 amide bonds. The number of aliphatic hydroxyl groups excluding tert-OH is 1. The average molecular weight is 585 g/mol. The van der Waals surface area contributed by atoms with Crippen molar-refractivity contribution in [2.45, 2.75) is 25.4 Å². The Hall–Kier alpha value is -3.93. The molecule has 1 unspecified atom stereocenters. The van der Waals surface area contributed by atoms with Gasteiger partial charge in [0.25, 0.3) is 11.5 Å². The molecule has 0 bridgehead atoms. The molecule has 0 saturated carbocycles. The summed E-state index contributed by atoms with van der Waals surface area (Å²) >= 11 is 12.5. The van der Waals surface area contributed by atoms with Crippen molar-refractivity contribution in [3.8, 4) is 23.3 Å². The van der Waals surface area contributed by atoms with Gasteiger partial charge in [0.2, 0.25) is 5.88 Å². The predicted molar refractivity (Wildman–Crippen MR) is 149 cm³/mol. The van der Waals surface area contributed by atoms with E-state index in [1.807, 2.05) is 4.57 Å². The lowest BCUT2D eigenvalue weighted by Gasteiger charge is -2.27. The van der Waals surface area contributed by atoms with Crippen molar-refractivity contribution in [1.29, 1.82) is 0 Å². The second kappa shape index (κ2) is 11.3. The summed E-state index contributed by atoms with van der Waals surface area (Å²) in [7, 11) is 4.49. The fourth-order valence-corrected chi connectivity index (χ4v) is 5.23. The number of hydrogen-bond donors (Lipinski definition) is 1. The Morgan fingerprint density at radius 3 is 2.45 bits per heavy atom. The van der Waals surface area contributed by atoms with Crippen LogP contribution >= 0.6 is 23.2 Å². The van der Waals surface area contributed by atoms with E-state index in [4.69, 9.17) is 37.7 Å². The van der Waals surface area contributed by atoms with E-state index in [0.717, 1.165) is 0 Å². The maximum absolute atomic E-state index is 14.1. The molecule has 1 aromatic carbocycles. The number of hydrogen-bond acceptors (Lipinski definition) is 8. The average Bonchev–Trinajstić information content (AvgIpc) is 3.45. The zero-order valence-electron chi connectivity index (χ0n) is 22.0. The van der Waals surface area contributed by atoms with E-state index in [2.05, 4.69) is 9.97 Å². The Morgan fingerprint density at radius 2 is 1.77 bits per heavy atom. The van der Waals surface area contributed by atoms with Crippen molar-refractivity contribution in [1.82, 2.24) is 24.1 Å². The van der Waals surface area contributed by atoms with Crippen molar-refractivity contribution < 1.29 is 19.4 Å². The highest BCUT2D eigenvalue weighted by Gasteiger charge is 2.45. The molecule has 40 heavy (non-hydrogen) atoms. The summed E-state index contributed by atoms with van der Waals surface area (Å²) in [5.74, 6) is 0.160. The number of rotatable bonds is 9. The van der Waals surface area contributed by atoms with Crippen LogP contribution in [0.3, 0.4) is 0 Å². The van der Waals surface area contributed by atoms with Gasteiger partial charge in [0.05, 0.1) is 30.5 Å². The van der Waals surface area contributed by atoms with E-state index in [1.165, 1.54) is 42.1 Å². The molecule has 0 saturated heterocycles. The second-order valence-electron chi connectivity index (χ2n) is 9.12. The largest absolute Gasteiger partial charge is 0.480 e. The fraction of sp³-hybridized carbons (Fsp3) is 0.296. The zero-order chi connectivity index (χ0) is 28.6. The molecule has 1 aliphatic rings.